The normalized spacial score (nSPS) is 13.7. The van der Waals surface area contributed by atoms with E-state index < -0.39 is 17.3 Å². The summed E-state index contributed by atoms with van der Waals surface area (Å²) in [4.78, 5) is 30.2. The van der Waals surface area contributed by atoms with Gasteiger partial charge in [0.05, 0.1) is 17.0 Å². The van der Waals surface area contributed by atoms with Gasteiger partial charge in [-0.3, -0.25) is 9.59 Å². The summed E-state index contributed by atoms with van der Waals surface area (Å²) in [7, 11) is 1.50. The first-order valence-corrected chi connectivity index (χ1v) is 13.2. The van der Waals surface area contributed by atoms with Crippen LogP contribution in [0.1, 0.15) is 60.2 Å². The van der Waals surface area contributed by atoms with Crippen LogP contribution in [0.2, 0.25) is 5.15 Å². The highest BCUT2D eigenvalue weighted by molar-refractivity contribution is 6.32. The minimum absolute atomic E-state index is 0.122. The smallest absolute Gasteiger partial charge is 0.255 e. The first-order chi connectivity index (χ1) is 18.8. The Bertz CT molecular complexity index is 1570. The minimum Gasteiger partial charge on any atom is -0.437 e. The lowest BCUT2D eigenvalue weighted by Crippen LogP contribution is -2.45. The van der Waals surface area contributed by atoms with E-state index in [1.54, 1.807) is 30.3 Å². The summed E-state index contributed by atoms with van der Waals surface area (Å²) < 4.78 is 19.4. The molecule has 2 heterocycles. The van der Waals surface area contributed by atoms with Gasteiger partial charge in [0.15, 0.2) is 0 Å². The molecule has 0 unspecified atom stereocenters. The van der Waals surface area contributed by atoms with Crippen molar-refractivity contribution in [3.63, 3.8) is 0 Å². The number of rotatable bonds is 5. The second-order valence-corrected chi connectivity index (χ2v) is 9.37. The van der Waals surface area contributed by atoms with Crippen LogP contribution in [-0.2, 0) is 0 Å². The summed E-state index contributed by atoms with van der Waals surface area (Å²) in [5, 5.41) is 15.7. The summed E-state index contributed by atoms with van der Waals surface area (Å²) in [6.45, 7) is 4.00. The van der Waals surface area contributed by atoms with E-state index in [1.165, 1.54) is 31.3 Å². The maximum absolute atomic E-state index is 13.5. The number of hydrogen-bond donors (Lipinski definition) is 2. The molecule has 5 rings (SSSR count). The number of amides is 2. The van der Waals surface area contributed by atoms with Crippen LogP contribution in [0.3, 0.4) is 0 Å². The number of halogens is 2. The second-order valence-electron chi connectivity index (χ2n) is 9.01. The van der Waals surface area contributed by atoms with Gasteiger partial charge in [-0.15, -0.1) is 0 Å². The molecule has 9 heteroatoms. The summed E-state index contributed by atoms with van der Waals surface area (Å²) in [5.41, 5.74) is 1.53. The highest BCUT2D eigenvalue weighted by atomic mass is 35.5. The summed E-state index contributed by atoms with van der Waals surface area (Å²) in [5.74, 6) is -0.924. The fourth-order valence-electron chi connectivity index (χ4n) is 4.72. The lowest BCUT2D eigenvalue weighted by molar-refractivity contribution is 0.0919. The average Bonchev–Trinajstić information content (AvgIpc) is 3.58. The highest BCUT2D eigenvalue weighted by Gasteiger charge is 2.35. The van der Waals surface area contributed by atoms with Crippen molar-refractivity contribution in [2.45, 2.75) is 45.1 Å². The summed E-state index contributed by atoms with van der Waals surface area (Å²) >= 11 is 6.53. The van der Waals surface area contributed by atoms with Crippen LogP contribution < -0.4 is 10.6 Å². The summed E-state index contributed by atoms with van der Waals surface area (Å²) in [6.07, 6.45) is 3.04. The Morgan fingerprint density at radius 3 is 2.38 bits per heavy atom. The molecule has 0 saturated heterocycles. The number of hydrogen-bond acceptors (Lipinski definition) is 5. The topological polar surface area (TPSA) is 108 Å². The Kier molecular flexibility index (Phi) is 8.32. The molecule has 1 aliphatic rings. The van der Waals surface area contributed by atoms with E-state index in [0.717, 1.165) is 12.8 Å². The fraction of sp³-hybridized carbons (Fsp3) is 0.267. The van der Waals surface area contributed by atoms with E-state index in [9.17, 15) is 19.2 Å². The lowest BCUT2D eigenvalue weighted by atomic mass is 9.98. The van der Waals surface area contributed by atoms with Crippen molar-refractivity contribution >= 4 is 34.5 Å². The maximum atomic E-state index is 13.5. The molecule has 0 spiro atoms. The molecule has 2 aromatic carbocycles. The molecule has 1 fully saturated rings. The van der Waals surface area contributed by atoms with Crippen molar-refractivity contribution in [3.8, 4) is 28.5 Å². The molecule has 2 aromatic heterocycles. The van der Waals surface area contributed by atoms with Gasteiger partial charge in [-0.2, -0.15) is 5.26 Å². The number of fused-ring (bicyclic) bond motifs is 1. The number of carbonyl (C=O) groups excluding carboxylic acids is 2. The van der Waals surface area contributed by atoms with Gasteiger partial charge in [0.1, 0.15) is 22.3 Å². The Hall–Kier alpha value is -4.22. The molecule has 1 aliphatic carbocycles. The van der Waals surface area contributed by atoms with Gasteiger partial charge in [0, 0.05) is 23.7 Å². The molecule has 200 valence electrons. The van der Waals surface area contributed by atoms with Crippen molar-refractivity contribution in [1.82, 2.24) is 15.6 Å². The Morgan fingerprint density at radius 2 is 1.74 bits per heavy atom. The van der Waals surface area contributed by atoms with Gasteiger partial charge in [-0.25, -0.2) is 9.37 Å². The number of nitrogens with one attached hydrogen (secondary N) is 2. The van der Waals surface area contributed by atoms with Gasteiger partial charge in [0.2, 0.25) is 5.71 Å². The van der Waals surface area contributed by atoms with Crippen molar-refractivity contribution in [3.05, 3.63) is 76.7 Å². The van der Waals surface area contributed by atoms with Crippen LogP contribution in [0, 0.1) is 17.1 Å². The van der Waals surface area contributed by atoms with Crippen molar-refractivity contribution in [2.24, 2.45) is 0 Å². The molecule has 39 heavy (non-hydrogen) atoms. The lowest BCUT2D eigenvalue weighted by Gasteiger charge is -2.22. The zero-order chi connectivity index (χ0) is 28.2. The molecule has 0 atom stereocenters. The third-order valence-corrected chi connectivity index (χ3v) is 6.94. The largest absolute Gasteiger partial charge is 0.437 e. The molecule has 0 aliphatic heterocycles. The standard InChI is InChI=1S/C28H22ClFN4O3.C2H6/c1-32-26(36)22-21-14-20(24(29)33-27(21)37-23(22)16-7-9-19(30)10-8-16)17-5-4-6-18(13-17)25(35)34-28(15-31)11-2-3-12-28;1-2/h4-10,13-14H,2-3,11-12H2,1H3,(H,32,36)(H,34,35);1-2H3. The zero-order valence-electron chi connectivity index (χ0n) is 21.9. The van der Waals surface area contributed by atoms with E-state index >= 15 is 0 Å². The molecule has 0 bridgehead atoms. The molecular formula is C30H28ClFN4O3. The van der Waals surface area contributed by atoms with Crippen LogP contribution in [-0.4, -0.2) is 29.4 Å². The SMILES string of the molecule is CC.CNC(=O)c1c(-c2ccc(F)cc2)oc2nc(Cl)c(-c3cccc(C(=O)NC4(C#N)CCCC4)c3)cc12. The van der Waals surface area contributed by atoms with E-state index in [1.807, 2.05) is 13.8 Å². The number of aromatic nitrogens is 1. The predicted octanol–water partition coefficient (Wildman–Crippen LogP) is 6.91. The van der Waals surface area contributed by atoms with Gasteiger partial charge in [0.25, 0.3) is 11.8 Å². The monoisotopic (exact) mass is 546 g/mol. The van der Waals surface area contributed by atoms with Crippen LogP contribution in [0.25, 0.3) is 33.6 Å². The molecular weight excluding hydrogens is 519 g/mol. The fourth-order valence-corrected chi connectivity index (χ4v) is 4.96. The number of pyridine rings is 1. The van der Waals surface area contributed by atoms with Crippen molar-refractivity contribution in [1.29, 1.82) is 5.26 Å². The molecule has 4 aromatic rings. The Morgan fingerprint density at radius 1 is 1.05 bits per heavy atom. The Labute approximate surface area is 231 Å². The minimum atomic E-state index is -0.846. The van der Waals surface area contributed by atoms with Gasteiger partial charge >= 0.3 is 0 Å². The molecule has 0 radical (unpaired) electrons. The number of furan rings is 1. The summed E-state index contributed by atoms with van der Waals surface area (Å²) in [6, 6.07) is 16.4. The van der Waals surface area contributed by atoms with Crippen LogP contribution >= 0.6 is 11.6 Å². The van der Waals surface area contributed by atoms with E-state index in [4.69, 9.17) is 16.0 Å². The van der Waals surface area contributed by atoms with Crippen LogP contribution in [0.5, 0.6) is 0 Å². The van der Waals surface area contributed by atoms with E-state index in [2.05, 4.69) is 21.7 Å². The van der Waals surface area contributed by atoms with Crippen LogP contribution in [0.4, 0.5) is 4.39 Å². The highest BCUT2D eigenvalue weighted by Crippen LogP contribution is 2.38. The maximum Gasteiger partial charge on any atom is 0.255 e. The molecule has 1 saturated carbocycles. The zero-order valence-corrected chi connectivity index (χ0v) is 22.7. The van der Waals surface area contributed by atoms with Gasteiger partial charge < -0.3 is 15.1 Å². The van der Waals surface area contributed by atoms with Gasteiger partial charge in [-0.1, -0.05) is 37.6 Å². The first kappa shape index (κ1) is 27.8. The second kappa shape index (κ2) is 11.7. The number of benzene rings is 2. The van der Waals surface area contributed by atoms with E-state index in [-0.39, 0.29) is 28.1 Å². The average molecular weight is 547 g/mol. The predicted molar refractivity (Wildman–Crippen MR) is 149 cm³/mol. The van der Waals surface area contributed by atoms with Crippen molar-refractivity contribution < 1.29 is 18.4 Å². The van der Waals surface area contributed by atoms with Crippen LogP contribution in [0.15, 0.2) is 59.0 Å². The van der Waals surface area contributed by atoms with Crippen molar-refractivity contribution in [2.75, 3.05) is 7.05 Å². The number of nitrogens with zero attached hydrogens (tertiary/aromatic N) is 2. The third kappa shape index (κ3) is 5.50. The molecule has 2 amide bonds. The number of nitriles is 1. The number of carbonyl (C=O) groups is 2. The Balaban J connectivity index is 0.00000172. The van der Waals surface area contributed by atoms with Gasteiger partial charge in [-0.05, 0) is 73.7 Å². The quantitative estimate of drug-likeness (QED) is 0.264. The third-order valence-electron chi connectivity index (χ3n) is 6.66. The molecule has 2 N–H and O–H groups in total. The first-order valence-electron chi connectivity index (χ1n) is 12.8. The molecule has 7 nitrogen and oxygen atoms in total. The van der Waals surface area contributed by atoms with E-state index in [0.29, 0.717) is 40.5 Å².